The lowest BCUT2D eigenvalue weighted by molar-refractivity contribution is -0.384. The minimum absolute atomic E-state index is 0.0399. The molecule has 1 aromatic carbocycles. The lowest BCUT2D eigenvalue weighted by Crippen LogP contribution is -2.26. The van der Waals surface area contributed by atoms with E-state index in [0.717, 1.165) is 5.56 Å². The van der Waals surface area contributed by atoms with Gasteiger partial charge in [-0.2, -0.15) is 0 Å². The Morgan fingerprint density at radius 2 is 2.00 bits per heavy atom. The quantitative estimate of drug-likeness (QED) is 0.683. The van der Waals surface area contributed by atoms with Crippen molar-refractivity contribution in [2.45, 2.75) is 13.0 Å². The van der Waals surface area contributed by atoms with Crippen LogP contribution in [0.2, 0.25) is 0 Å². The highest BCUT2D eigenvalue weighted by Crippen LogP contribution is 2.14. The van der Waals surface area contributed by atoms with Gasteiger partial charge >= 0.3 is 0 Å². The van der Waals surface area contributed by atoms with E-state index in [9.17, 15) is 14.9 Å². The zero-order valence-corrected chi connectivity index (χ0v) is 10.8. The van der Waals surface area contributed by atoms with E-state index >= 15 is 0 Å². The number of nitrogens with one attached hydrogen (secondary N) is 1. The molecular formula is C14H13N3O3. The molecule has 1 amide bonds. The van der Waals surface area contributed by atoms with Gasteiger partial charge in [-0.25, -0.2) is 0 Å². The molecule has 0 bridgehead atoms. The third-order valence-corrected chi connectivity index (χ3v) is 2.87. The second kappa shape index (κ2) is 5.92. The van der Waals surface area contributed by atoms with Crippen LogP contribution in [0.4, 0.5) is 5.69 Å². The topological polar surface area (TPSA) is 85.1 Å². The van der Waals surface area contributed by atoms with Crippen LogP contribution in [0.15, 0.2) is 48.8 Å². The molecule has 6 nitrogen and oxygen atoms in total. The molecule has 6 heteroatoms. The van der Waals surface area contributed by atoms with Gasteiger partial charge in [0.2, 0.25) is 0 Å². The second-order valence-electron chi connectivity index (χ2n) is 4.29. The Balaban J connectivity index is 2.06. The Morgan fingerprint density at radius 1 is 1.30 bits per heavy atom. The first-order chi connectivity index (χ1) is 9.58. The van der Waals surface area contributed by atoms with Crippen LogP contribution >= 0.6 is 0 Å². The summed E-state index contributed by atoms with van der Waals surface area (Å²) in [5.41, 5.74) is 1.23. The van der Waals surface area contributed by atoms with Crippen LogP contribution in [0.1, 0.15) is 28.9 Å². The monoisotopic (exact) mass is 271 g/mol. The van der Waals surface area contributed by atoms with Crippen molar-refractivity contribution < 1.29 is 9.72 Å². The van der Waals surface area contributed by atoms with E-state index in [0.29, 0.717) is 5.56 Å². The molecule has 2 rings (SSSR count). The fourth-order valence-electron chi connectivity index (χ4n) is 1.73. The predicted molar refractivity (Wildman–Crippen MR) is 73.2 cm³/mol. The van der Waals surface area contributed by atoms with E-state index in [-0.39, 0.29) is 17.6 Å². The summed E-state index contributed by atoms with van der Waals surface area (Å²) < 4.78 is 0. The van der Waals surface area contributed by atoms with Gasteiger partial charge in [0.15, 0.2) is 0 Å². The van der Waals surface area contributed by atoms with Gasteiger partial charge in [0, 0.05) is 30.1 Å². The number of nitrogens with zero attached hydrogens (tertiary/aromatic N) is 2. The zero-order chi connectivity index (χ0) is 14.5. The van der Waals surface area contributed by atoms with E-state index in [1.165, 1.54) is 24.3 Å². The average Bonchev–Trinajstić information content (AvgIpc) is 2.48. The smallest absolute Gasteiger partial charge is 0.269 e. The fourth-order valence-corrected chi connectivity index (χ4v) is 1.73. The minimum atomic E-state index is -0.500. The molecule has 0 saturated carbocycles. The van der Waals surface area contributed by atoms with Gasteiger partial charge in [-0.1, -0.05) is 6.07 Å². The fraction of sp³-hybridized carbons (Fsp3) is 0.143. The first-order valence-corrected chi connectivity index (χ1v) is 6.03. The largest absolute Gasteiger partial charge is 0.345 e. The molecule has 2 aromatic rings. The summed E-state index contributed by atoms with van der Waals surface area (Å²) in [5, 5.41) is 13.4. The number of benzene rings is 1. The van der Waals surface area contributed by atoms with Gasteiger partial charge in [-0.3, -0.25) is 19.9 Å². The average molecular weight is 271 g/mol. The van der Waals surface area contributed by atoms with Crippen molar-refractivity contribution >= 4 is 11.6 Å². The van der Waals surface area contributed by atoms with Crippen LogP contribution in [-0.4, -0.2) is 15.8 Å². The van der Waals surface area contributed by atoms with Crippen molar-refractivity contribution in [3.8, 4) is 0 Å². The first-order valence-electron chi connectivity index (χ1n) is 6.03. The van der Waals surface area contributed by atoms with Crippen LogP contribution in [0, 0.1) is 10.1 Å². The maximum Gasteiger partial charge on any atom is 0.269 e. The third-order valence-electron chi connectivity index (χ3n) is 2.87. The number of amides is 1. The molecule has 1 unspecified atom stereocenters. The van der Waals surface area contributed by atoms with E-state index in [1.807, 2.05) is 13.0 Å². The first kappa shape index (κ1) is 13.7. The van der Waals surface area contributed by atoms with Crippen molar-refractivity contribution in [1.29, 1.82) is 0 Å². The molecule has 0 aliphatic rings. The molecule has 0 aliphatic heterocycles. The van der Waals surface area contributed by atoms with Gasteiger partial charge in [0.05, 0.1) is 11.0 Å². The number of pyridine rings is 1. The van der Waals surface area contributed by atoms with Crippen molar-refractivity contribution in [3.63, 3.8) is 0 Å². The number of nitro benzene ring substituents is 1. The molecule has 1 atom stereocenters. The van der Waals surface area contributed by atoms with Crippen molar-refractivity contribution in [2.24, 2.45) is 0 Å². The summed E-state index contributed by atoms with van der Waals surface area (Å²) in [4.78, 5) is 26.0. The zero-order valence-electron chi connectivity index (χ0n) is 10.8. The molecule has 20 heavy (non-hydrogen) atoms. The second-order valence-corrected chi connectivity index (χ2v) is 4.29. The van der Waals surface area contributed by atoms with Crippen LogP contribution in [0.3, 0.4) is 0 Å². The molecule has 0 aliphatic carbocycles. The lowest BCUT2D eigenvalue weighted by Gasteiger charge is -2.13. The number of rotatable bonds is 4. The number of carbonyl (C=O) groups excluding carboxylic acids is 1. The number of non-ortho nitro benzene ring substituents is 1. The Morgan fingerprint density at radius 3 is 2.55 bits per heavy atom. The van der Waals surface area contributed by atoms with Crippen LogP contribution in [0.25, 0.3) is 0 Å². The highest BCUT2D eigenvalue weighted by molar-refractivity contribution is 5.94. The molecular weight excluding hydrogens is 258 g/mol. The lowest BCUT2D eigenvalue weighted by atomic mass is 10.1. The number of hydrogen-bond acceptors (Lipinski definition) is 4. The normalized spacial score (nSPS) is 11.7. The van der Waals surface area contributed by atoms with Crippen molar-refractivity contribution in [1.82, 2.24) is 10.3 Å². The molecule has 0 radical (unpaired) electrons. The van der Waals surface area contributed by atoms with E-state index in [1.54, 1.807) is 18.5 Å². The standard InChI is InChI=1S/C14H13N3O3/c1-10(12-3-2-8-15-9-12)16-14(18)11-4-6-13(7-5-11)17(19)20/h2-10H,1H3,(H,16,18). The number of nitro groups is 1. The Kier molecular flexibility index (Phi) is 4.05. The molecule has 0 spiro atoms. The summed E-state index contributed by atoms with van der Waals surface area (Å²) in [6, 6.07) is 8.96. The van der Waals surface area contributed by atoms with Crippen molar-refractivity contribution in [2.75, 3.05) is 0 Å². The van der Waals surface area contributed by atoms with E-state index in [2.05, 4.69) is 10.3 Å². The van der Waals surface area contributed by atoms with Gasteiger partial charge in [-0.15, -0.1) is 0 Å². The van der Waals surface area contributed by atoms with E-state index < -0.39 is 4.92 Å². The summed E-state index contributed by atoms with van der Waals surface area (Å²) >= 11 is 0. The SMILES string of the molecule is CC(NC(=O)c1ccc([N+](=O)[O-])cc1)c1cccnc1. The Bertz CT molecular complexity index is 611. The van der Waals surface area contributed by atoms with E-state index in [4.69, 9.17) is 0 Å². The highest BCUT2D eigenvalue weighted by atomic mass is 16.6. The maximum absolute atomic E-state index is 12.0. The molecule has 1 N–H and O–H groups in total. The van der Waals surface area contributed by atoms with Crippen LogP contribution in [-0.2, 0) is 0 Å². The van der Waals surface area contributed by atoms with Gasteiger partial charge in [-0.05, 0) is 30.7 Å². The summed E-state index contributed by atoms with van der Waals surface area (Å²) in [7, 11) is 0. The molecule has 1 aromatic heterocycles. The molecule has 102 valence electrons. The Hall–Kier alpha value is -2.76. The number of hydrogen-bond donors (Lipinski definition) is 1. The molecule has 0 saturated heterocycles. The van der Waals surface area contributed by atoms with Crippen LogP contribution < -0.4 is 5.32 Å². The molecule has 1 heterocycles. The van der Waals surface area contributed by atoms with Gasteiger partial charge in [0.1, 0.15) is 0 Å². The summed E-state index contributed by atoms with van der Waals surface area (Å²) in [5.74, 6) is -0.281. The predicted octanol–water partition coefficient (Wildman–Crippen LogP) is 2.48. The summed E-state index contributed by atoms with van der Waals surface area (Å²) in [6.45, 7) is 1.85. The minimum Gasteiger partial charge on any atom is -0.345 e. The molecule has 0 fully saturated rings. The third kappa shape index (κ3) is 3.17. The highest BCUT2D eigenvalue weighted by Gasteiger charge is 2.13. The summed E-state index contributed by atoms with van der Waals surface area (Å²) in [6.07, 6.45) is 3.34. The Labute approximate surface area is 115 Å². The number of carbonyl (C=O) groups is 1. The van der Waals surface area contributed by atoms with Crippen molar-refractivity contribution in [3.05, 3.63) is 70.0 Å². The van der Waals surface area contributed by atoms with Crippen LogP contribution in [0.5, 0.6) is 0 Å². The maximum atomic E-state index is 12.0. The number of aromatic nitrogens is 1. The van der Waals surface area contributed by atoms with Gasteiger partial charge in [0.25, 0.3) is 11.6 Å². The van der Waals surface area contributed by atoms with Gasteiger partial charge < -0.3 is 5.32 Å².